The quantitative estimate of drug-likeness (QED) is 0.0853. The number of hydrogen-bond acceptors (Lipinski definition) is 6. The molecule has 6 aromatic heterocycles. The summed E-state index contributed by atoms with van der Waals surface area (Å²) in [5.41, 5.74) is 39.0. The van der Waals surface area contributed by atoms with E-state index in [2.05, 4.69) is 574 Å². The van der Waals surface area contributed by atoms with Crippen LogP contribution >= 0.6 is 0 Å². The third-order valence-electron chi connectivity index (χ3n) is 26.9. The molecule has 27 aromatic rings. The summed E-state index contributed by atoms with van der Waals surface area (Å²) in [6.45, 7) is 0. The fourth-order valence-electron chi connectivity index (χ4n) is 20.5. The van der Waals surface area contributed by atoms with E-state index in [1.807, 2.05) is 0 Å². The molecule has 0 N–H and O–H groups in total. The Morgan fingerprint density at radius 2 is 0.326 bits per heavy atom. The van der Waals surface area contributed by atoms with Crippen molar-refractivity contribution in [2.24, 2.45) is 0 Å². The van der Waals surface area contributed by atoms with Gasteiger partial charge in [-0.05, 0) is 250 Å². The Balaban J connectivity index is 0.000000112. The molecule has 9 nitrogen and oxygen atoms in total. The van der Waals surface area contributed by atoms with Crippen molar-refractivity contribution < 1.29 is 13.3 Å². The van der Waals surface area contributed by atoms with E-state index < -0.39 is 0 Å². The second kappa shape index (κ2) is 36.7. The molecule has 27 rings (SSSR count). The van der Waals surface area contributed by atoms with E-state index in [1.165, 1.54) is 33.4 Å². The van der Waals surface area contributed by atoms with Gasteiger partial charge in [-0.3, -0.25) is 0 Å². The first-order chi connectivity index (χ1) is 70.0. The molecule has 21 aromatic carbocycles. The molecule has 666 valence electrons. The number of hydrogen-bond donors (Lipinski definition) is 0. The molecular weight excluding hydrogens is 1720 g/mol. The van der Waals surface area contributed by atoms with Crippen LogP contribution in [-0.2, 0) is 0 Å². The normalized spacial score (nSPS) is 11.4. The third kappa shape index (κ3) is 15.6. The Labute approximate surface area is 815 Å². The van der Waals surface area contributed by atoms with Crippen molar-refractivity contribution in [3.8, 4) is 83.8 Å². The van der Waals surface area contributed by atoms with E-state index in [0.717, 1.165) is 201 Å². The summed E-state index contributed by atoms with van der Waals surface area (Å²) < 4.78 is 27.5. The number of aromatic nitrogens is 3. The molecule has 0 amide bonds. The summed E-state index contributed by atoms with van der Waals surface area (Å²) in [5, 5.41) is 6.62. The van der Waals surface area contributed by atoms with Gasteiger partial charge in [0.05, 0.1) is 16.6 Å². The van der Waals surface area contributed by atoms with Crippen LogP contribution < -0.4 is 14.7 Å². The standard InChI is InChI=1S/C50H34N2O.C44H30N2O.C38H26N2O/c1-4-14-35(15-5-1)36-26-28-37(29-27-36)38-30-32-42(33-31-38)51(40-17-6-2-7-18-40)43-21-12-16-39(34-43)44-23-13-24-46-48-50(53-49(44)46)45-22-10-11-25-47(45)52(48)41-19-8-3-9-20-41;1-4-14-31(15-5-1)32-26-28-36(29-27-32)45(34-17-6-2-7-18-34)37-21-12-16-33(30-37)38-23-13-24-40-42-44(47-43(38)40)39-22-10-11-25-41(39)46(42)35-19-8-3-9-20-35;1-4-15-28(16-5-1)39(29-17-6-2-7-18-29)31-21-12-14-27(26-31)32-23-13-24-34-36-38(41-37(32)34)33-22-10-11-25-35(33)40(36)30-19-8-3-9-20-30/h1-34H;1-30H;1-26H. The minimum atomic E-state index is 0.888. The van der Waals surface area contributed by atoms with Crippen LogP contribution in [0.15, 0.2) is 559 Å². The van der Waals surface area contributed by atoms with E-state index in [1.54, 1.807) is 0 Å². The van der Waals surface area contributed by atoms with Gasteiger partial charge in [-0.1, -0.05) is 346 Å². The van der Waals surface area contributed by atoms with Crippen LogP contribution in [0.3, 0.4) is 0 Å². The third-order valence-corrected chi connectivity index (χ3v) is 26.9. The van der Waals surface area contributed by atoms with Gasteiger partial charge in [0.25, 0.3) is 0 Å². The van der Waals surface area contributed by atoms with Gasteiger partial charge in [0.15, 0.2) is 16.7 Å². The van der Waals surface area contributed by atoms with E-state index in [-0.39, 0.29) is 0 Å². The lowest BCUT2D eigenvalue weighted by Gasteiger charge is -2.26. The smallest absolute Gasteiger partial charge is 0.161 e. The summed E-state index contributed by atoms with van der Waals surface area (Å²) in [6, 6.07) is 192. The molecule has 141 heavy (non-hydrogen) atoms. The molecule has 0 saturated heterocycles. The highest BCUT2D eigenvalue weighted by atomic mass is 16.3. The first-order valence-electron chi connectivity index (χ1n) is 47.8. The van der Waals surface area contributed by atoms with Crippen LogP contribution in [-0.4, -0.2) is 13.7 Å². The van der Waals surface area contributed by atoms with E-state index in [9.17, 15) is 0 Å². The predicted octanol–water partition coefficient (Wildman–Crippen LogP) is 37.0. The lowest BCUT2D eigenvalue weighted by molar-refractivity contribution is 0.673. The van der Waals surface area contributed by atoms with Crippen molar-refractivity contribution in [1.29, 1.82) is 0 Å². The van der Waals surface area contributed by atoms with E-state index >= 15 is 0 Å². The Hall–Kier alpha value is -19.0. The number of nitrogens with zero attached hydrogens (tertiary/aromatic N) is 6. The summed E-state index contributed by atoms with van der Waals surface area (Å²) in [6.07, 6.45) is 0. The fourth-order valence-corrected chi connectivity index (χ4v) is 20.5. The van der Waals surface area contributed by atoms with Crippen LogP contribution in [0.5, 0.6) is 0 Å². The van der Waals surface area contributed by atoms with Crippen molar-refractivity contribution >= 4 is 150 Å². The van der Waals surface area contributed by atoms with E-state index in [0.29, 0.717) is 0 Å². The molecule has 0 fully saturated rings. The van der Waals surface area contributed by atoms with Gasteiger partial charge in [-0.15, -0.1) is 0 Å². The predicted molar refractivity (Wildman–Crippen MR) is 588 cm³/mol. The zero-order valence-corrected chi connectivity index (χ0v) is 76.9. The Kier molecular flexibility index (Phi) is 21.8. The Morgan fingerprint density at radius 1 is 0.135 bits per heavy atom. The molecule has 0 aliphatic heterocycles. The molecule has 0 atom stereocenters. The van der Waals surface area contributed by atoms with Crippen LogP contribution in [0.2, 0.25) is 0 Å². The van der Waals surface area contributed by atoms with Gasteiger partial charge in [0.2, 0.25) is 0 Å². The Bertz CT molecular complexity index is 9140. The van der Waals surface area contributed by atoms with Crippen molar-refractivity contribution in [3.05, 3.63) is 546 Å². The summed E-state index contributed by atoms with van der Waals surface area (Å²) >= 11 is 0. The molecule has 0 radical (unpaired) electrons. The van der Waals surface area contributed by atoms with Crippen LogP contribution in [0.1, 0.15) is 0 Å². The number of benzene rings is 21. The van der Waals surface area contributed by atoms with Crippen LogP contribution in [0, 0.1) is 0 Å². The highest BCUT2D eigenvalue weighted by Gasteiger charge is 2.28. The van der Waals surface area contributed by atoms with Crippen molar-refractivity contribution in [1.82, 2.24) is 13.7 Å². The molecule has 9 heteroatoms. The molecule has 0 aliphatic carbocycles. The number of para-hydroxylation sites is 13. The number of fused-ring (bicyclic) bond motifs is 15. The summed E-state index contributed by atoms with van der Waals surface area (Å²) in [7, 11) is 0. The molecule has 0 aliphatic rings. The number of rotatable bonds is 18. The minimum absolute atomic E-state index is 0.888. The zero-order chi connectivity index (χ0) is 93.5. The lowest BCUT2D eigenvalue weighted by atomic mass is 10.00. The topological polar surface area (TPSA) is 63.9 Å². The molecular formula is C132H90N6O3. The molecule has 0 spiro atoms. The molecule has 6 heterocycles. The highest BCUT2D eigenvalue weighted by Crippen LogP contribution is 2.50. The highest BCUT2D eigenvalue weighted by molar-refractivity contribution is 6.22. The van der Waals surface area contributed by atoms with Gasteiger partial charge in [0, 0.05) is 117 Å². The van der Waals surface area contributed by atoms with Gasteiger partial charge in [-0.2, -0.15) is 0 Å². The monoisotopic (exact) mass is 1810 g/mol. The lowest BCUT2D eigenvalue weighted by Crippen LogP contribution is -2.09. The minimum Gasteiger partial charge on any atom is -0.453 e. The molecule has 0 bridgehead atoms. The molecule has 0 saturated carbocycles. The second-order valence-corrected chi connectivity index (χ2v) is 35.4. The Morgan fingerprint density at radius 3 is 0.596 bits per heavy atom. The first kappa shape index (κ1) is 83.8. The van der Waals surface area contributed by atoms with Crippen molar-refractivity contribution in [2.45, 2.75) is 0 Å². The van der Waals surface area contributed by atoms with E-state index in [4.69, 9.17) is 13.3 Å². The average Bonchev–Trinajstić information content (AvgIpc) is 1.56. The summed E-state index contributed by atoms with van der Waals surface area (Å²) in [4.78, 5) is 6.93. The van der Waals surface area contributed by atoms with Crippen molar-refractivity contribution in [3.63, 3.8) is 0 Å². The van der Waals surface area contributed by atoms with Crippen LogP contribution in [0.4, 0.5) is 51.2 Å². The van der Waals surface area contributed by atoms with Gasteiger partial charge >= 0.3 is 0 Å². The zero-order valence-electron chi connectivity index (χ0n) is 76.9. The van der Waals surface area contributed by atoms with Crippen molar-refractivity contribution in [2.75, 3.05) is 14.7 Å². The van der Waals surface area contributed by atoms with Gasteiger partial charge < -0.3 is 41.7 Å². The van der Waals surface area contributed by atoms with Gasteiger partial charge in [0.1, 0.15) is 33.3 Å². The van der Waals surface area contributed by atoms with Crippen LogP contribution in [0.25, 0.3) is 183 Å². The first-order valence-corrected chi connectivity index (χ1v) is 47.8. The number of furan rings is 3. The fraction of sp³-hybridized carbons (Fsp3) is 0. The average molecular weight is 1810 g/mol. The second-order valence-electron chi connectivity index (χ2n) is 35.4. The maximum atomic E-state index is 6.88. The maximum Gasteiger partial charge on any atom is 0.161 e. The SMILES string of the molecule is c1ccc(-c2ccc(-c3ccc(N(c4ccccc4)c4cccc(-c5cccc6c5oc5c7ccccc7n(-c7ccccc7)c65)c4)cc3)cc2)cc1.c1ccc(-c2ccc(N(c3ccccc3)c3cccc(-c4cccc5c4oc4c6ccccc6n(-c6ccccc6)c54)c3)cc2)cc1.c1ccc(N(c2ccccc2)c2cccc(-c3cccc4c3oc3c5ccccc5n(-c5ccccc5)c43)c2)cc1. The van der Waals surface area contributed by atoms with Gasteiger partial charge in [-0.25, -0.2) is 0 Å². The molecule has 0 unspecified atom stereocenters. The summed E-state index contributed by atoms with van der Waals surface area (Å²) in [5.74, 6) is 0. The maximum absolute atomic E-state index is 6.88. The number of anilines is 9. The largest absolute Gasteiger partial charge is 0.453 e.